The van der Waals surface area contributed by atoms with Gasteiger partial charge < -0.3 is 11.1 Å². The van der Waals surface area contributed by atoms with Crippen molar-refractivity contribution in [2.75, 3.05) is 11.1 Å². The number of nitrogens with one attached hydrogen (secondary N) is 1. The number of benzene rings is 1. The molecule has 0 aliphatic rings. The van der Waals surface area contributed by atoms with Crippen molar-refractivity contribution in [2.24, 2.45) is 0 Å². The van der Waals surface area contributed by atoms with E-state index in [1.165, 1.54) is 6.20 Å². The number of hydrogen-bond donors (Lipinski definition) is 2. The molecule has 84 valence electrons. The first kappa shape index (κ1) is 11.2. The van der Waals surface area contributed by atoms with Crippen LogP contribution in [0.5, 0.6) is 0 Å². The van der Waals surface area contributed by atoms with E-state index in [0.29, 0.717) is 27.8 Å². The first-order valence-electron chi connectivity index (χ1n) is 4.88. The Morgan fingerprint density at radius 2 is 2.06 bits per heavy atom. The van der Waals surface area contributed by atoms with E-state index in [1.54, 1.807) is 12.1 Å². The molecule has 0 spiro atoms. The summed E-state index contributed by atoms with van der Waals surface area (Å²) < 4.78 is 0. The third-order valence-electron chi connectivity index (χ3n) is 2.24. The molecule has 3 N–H and O–H groups in total. The molecule has 0 saturated heterocycles. The minimum Gasteiger partial charge on any atom is -0.395 e. The Labute approximate surface area is 104 Å². The quantitative estimate of drug-likeness (QED) is 0.852. The predicted molar refractivity (Wildman–Crippen MR) is 68.1 cm³/mol. The smallest absolute Gasteiger partial charge is 0.154 e. The van der Waals surface area contributed by atoms with Gasteiger partial charge in [0.2, 0.25) is 0 Å². The minimum atomic E-state index is 0.315. The van der Waals surface area contributed by atoms with Gasteiger partial charge in [-0.25, -0.2) is 4.98 Å². The lowest BCUT2D eigenvalue weighted by Gasteiger charge is -2.09. The second kappa shape index (κ2) is 4.73. The van der Waals surface area contributed by atoms with E-state index in [0.717, 1.165) is 0 Å². The molecule has 2 rings (SSSR count). The van der Waals surface area contributed by atoms with Crippen LogP contribution in [0.15, 0.2) is 36.5 Å². The molecular formula is C12H9ClN4. The van der Waals surface area contributed by atoms with Crippen molar-refractivity contribution in [2.45, 2.75) is 0 Å². The summed E-state index contributed by atoms with van der Waals surface area (Å²) in [7, 11) is 0. The highest BCUT2D eigenvalue weighted by molar-refractivity contribution is 6.33. The number of nitrogen functional groups attached to an aromatic ring is 1. The normalized spacial score (nSPS) is 9.65. The van der Waals surface area contributed by atoms with Gasteiger partial charge in [-0.05, 0) is 18.2 Å². The van der Waals surface area contributed by atoms with Crippen LogP contribution < -0.4 is 11.1 Å². The number of rotatable bonds is 2. The number of para-hydroxylation sites is 1. The number of anilines is 3. The Kier molecular flexibility index (Phi) is 3.12. The average molecular weight is 245 g/mol. The van der Waals surface area contributed by atoms with Gasteiger partial charge in [-0.2, -0.15) is 5.26 Å². The summed E-state index contributed by atoms with van der Waals surface area (Å²) in [5.74, 6) is 0.428. The van der Waals surface area contributed by atoms with Crippen LogP contribution in [-0.4, -0.2) is 4.98 Å². The summed E-state index contributed by atoms with van der Waals surface area (Å²) in [6, 6.07) is 10.8. The van der Waals surface area contributed by atoms with Crippen molar-refractivity contribution >= 4 is 28.8 Å². The summed E-state index contributed by atoms with van der Waals surface area (Å²) in [5, 5.41) is 12.4. The SMILES string of the molecule is N#Cc1ccnc(Nc2ccccc2Cl)c1N. The molecule has 0 amide bonds. The van der Waals surface area contributed by atoms with Gasteiger partial charge in [-0.1, -0.05) is 23.7 Å². The van der Waals surface area contributed by atoms with E-state index < -0.39 is 0 Å². The lowest BCUT2D eigenvalue weighted by Crippen LogP contribution is -2.01. The van der Waals surface area contributed by atoms with E-state index in [4.69, 9.17) is 22.6 Å². The van der Waals surface area contributed by atoms with Crippen LogP contribution in [0.3, 0.4) is 0 Å². The average Bonchev–Trinajstić information content (AvgIpc) is 2.34. The third-order valence-corrected chi connectivity index (χ3v) is 2.57. The molecule has 0 saturated carbocycles. The van der Waals surface area contributed by atoms with Gasteiger partial charge in [-0.3, -0.25) is 0 Å². The van der Waals surface area contributed by atoms with Gasteiger partial charge in [0.25, 0.3) is 0 Å². The molecule has 0 aliphatic heterocycles. The lowest BCUT2D eigenvalue weighted by atomic mass is 10.2. The van der Waals surface area contributed by atoms with Crippen LogP contribution in [0, 0.1) is 11.3 Å². The molecule has 1 heterocycles. The van der Waals surface area contributed by atoms with Crippen molar-refractivity contribution < 1.29 is 0 Å². The molecule has 0 aliphatic carbocycles. The molecule has 0 radical (unpaired) electrons. The summed E-state index contributed by atoms with van der Waals surface area (Å²) in [6.07, 6.45) is 1.52. The summed E-state index contributed by atoms with van der Waals surface area (Å²) in [4.78, 5) is 4.08. The second-order valence-electron chi connectivity index (χ2n) is 3.34. The second-order valence-corrected chi connectivity index (χ2v) is 3.74. The Hall–Kier alpha value is -2.25. The van der Waals surface area contributed by atoms with Gasteiger partial charge in [0, 0.05) is 6.20 Å². The van der Waals surface area contributed by atoms with E-state index >= 15 is 0 Å². The first-order valence-corrected chi connectivity index (χ1v) is 5.26. The zero-order chi connectivity index (χ0) is 12.3. The number of nitrogens with two attached hydrogens (primary N) is 1. The maximum Gasteiger partial charge on any atom is 0.154 e. The molecule has 0 atom stereocenters. The number of hydrogen-bond acceptors (Lipinski definition) is 4. The number of nitriles is 1. The molecule has 0 fully saturated rings. The van der Waals surface area contributed by atoms with Gasteiger partial charge >= 0.3 is 0 Å². The van der Waals surface area contributed by atoms with Crippen molar-refractivity contribution in [3.05, 3.63) is 47.1 Å². The Balaban J connectivity index is 2.38. The summed E-state index contributed by atoms with van der Waals surface area (Å²) in [5.41, 5.74) is 7.20. The Bertz CT molecular complexity index is 589. The van der Waals surface area contributed by atoms with Crippen LogP contribution >= 0.6 is 11.6 Å². The van der Waals surface area contributed by atoms with Gasteiger partial charge in [-0.15, -0.1) is 0 Å². The zero-order valence-corrected chi connectivity index (χ0v) is 9.57. The maximum absolute atomic E-state index is 8.85. The third kappa shape index (κ3) is 2.30. The molecule has 5 heteroatoms. The molecule has 0 bridgehead atoms. The van der Waals surface area contributed by atoms with Crippen LogP contribution in [0.4, 0.5) is 17.2 Å². The molecule has 2 aromatic rings. The zero-order valence-electron chi connectivity index (χ0n) is 8.81. The molecule has 4 nitrogen and oxygen atoms in total. The van der Waals surface area contributed by atoms with Crippen LogP contribution in [0.25, 0.3) is 0 Å². The van der Waals surface area contributed by atoms with E-state index in [9.17, 15) is 0 Å². The number of pyridine rings is 1. The van der Waals surface area contributed by atoms with Crippen LogP contribution in [-0.2, 0) is 0 Å². The first-order chi connectivity index (χ1) is 8.22. The van der Waals surface area contributed by atoms with Crippen molar-refractivity contribution in [3.63, 3.8) is 0 Å². The van der Waals surface area contributed by atoms with Gasteiger partial charge in [0.05, 0.1) is 22.0 Å². The molecule has 0 unspecified atom stereocenters. The number of halogens is 1. The van der Waals surface area contributed by atoms with Crippen molar-refractivity contribution in [3.8, 4) is 6.07 Å². The topological polar surface area (TPSA) is 74.7 Å². The lowest BCUT2D eigenvalue weighted by molar-refractivity contribution is 1.30. The van der Waals surface area contributed by atoms with E-state index in [1.807, 2.05) is 24.3 Å². The fraction of sp³-hybridized carbons (Fsp3) is 0. The molecule has 17 heavy (non-hydrogen) atoms. The predicted octanol–water partition coefficient (Wildman–Crippen LogP) is 2.93. The highest BCUT2D eigenvalue weighted by atomic mass is 35.5. The van der Waals surface area contributed by atoms with Crippen molar-refractivity contribution in [1.29, 1.82) is 5.26 Å². The van der Waals surface area contributed by atoms with Gasteiger partial charge in [0.15, 0.2) is 5.82 Å². The Morgan fingerprint density at radius 1 is 1.29 bits per heavy atom. The van der Waals surface area contributed by atoms with Crippen LogP contribution in [0.1, 0.15) is 5.56 Å². The molecular weight excluding hydrogens is 236 g/mol. The number of aromatic nitrogens is 1. The fourth-order valence-corrected chi connectivity index (χ4v) is 1.54. The van der Waals surface area contributed by atoms with E-state index in [2.05, 4.69) is 10.3 Å². The standard InChI is InChI=1S/C12H9ClN4/c13-9-3-1-2-4-10(9)17-12-11(15)8(7-14)5-6-16-12/h1-6H,15H2,(H,16,17). The fourth-order valence-electron chi connectivity index (χ4n) is 1.36. The Morgan fingerprint density at radius 3 is 2.76 bits per heavy atom. The molecule has 1 aromatic heterocycles. The highest BCUT2D eigenvalue weighted by Crippen LogP contribution is 2.27. The van der Waals surface area contributed by atoms with Gasteiger partial charge in [0.1, 0.15) is 6.07 Å². The highest BCUT2D eigenvalue weighted by Gasteiger charge is 2.07. The summed E-state index contributed by atoms with van der Waals surface area (Å²) >= 11 is 6.00. The van der Waals surface area contributed by atoms with E-state index in [-0.39, 0.29) is 0 Å². The monoisotopic (exact) mass is 244 g/mol. The summed E-state index contributed by atoms with van der Waals surface area (Å²) in [6.45, 7) is 0. The maximum atomic E-state index is 8.85. The molecule has 1 aromatic carbocycles. The number of nitrogens with zero attached hydrogens (tertiary/aromatic N) is 2. The minimum absolute atomic E-state index is 0.315. The largest absolute Gasteiger partial charge is 0.395 e. The van der Waals surface area contributed by atoms with Crippen molar-refractivity contribution in [1.82, 2.24) is 4.98 Å². The van der Waals surface area contributed by atoms with Crippen LogP contribution in [0.2, 0.25) is 5.02 Å².